The van der Waals surface area contributed by atoms with Gasteiger partial charge in [-0.3, -0.25) is 0 Å². The monoisotopic (exact) mass is 264 g/mol. The zero-order chi connectivity index (χ0) is 11.0. The van der Waals surface area contributed by atoms with Crippen LogP contribution in [-0.2, 0) is 7.05 Å². The van der Waals surface area contributed by atoms with Crippen molar-refractivity contribution in [2.24, 2.45) is 7.05 Å². The zero-order valence-electron chi connectivity index (χ0n) is 8.83. The molecule has 0 saturated heterocycles. The van der Waals surface area contributed by atoms with E-state index >= 15 is 0 Å². The highest BCUT2D eigenvalue weighted by molar-refractivity contribution is 9.10. The lowest BCUT2D eigenvalue weighted by Crippen LogP contribution is -2.04. The summed E-state index contributed by atoms with van der Waals surface area (Å²) in [5.41, 5.74) is 0. The van der Waals surface area contributed by atoms with Gasteiger partial charge in [-0.05, 0) is 15.9 Å². The molecule has 0 bridgehead atoms. The highest BCUT2D eigenvalue weighted by Crippen LogP contribution is 2.22. The molecule has 0 amide bonds. The van der Waals surface area contributed by atoms with Gasteiger partial charge in [-0.1, -0.05) is 13.8 Å². The second-order valence-electron chi connectivity index (χ2n) is 2.35. The second kappa shape index (κ2) is 7.82. The van der Waals surface area contributed by atoms with Gasteiger partial charge >= 0.3 is 0 Å². The number of aliphatic hydroxyl groups is 1. The summed E-state index contributed by atoms with van der Waals surface area (Å²) in [6.07, 6.45) is 2.31. The molecule has 0 unspecified atom stereocenters. The van der Waals surface area contributed by atoms with E-state index < -0.39 is 0 Å². The number of hydrogen-bond acceptors (Lipinski definition) is 3. The Bertz CT molecular complexity index is 231. The van der Waals surface area contributed by atoms with Gasteiger partial charge in [0.2, 0.25) is 5.88 Å². The number of aryl methyl sites for hydroxylation is 1. The molecule has 1 aromatic heterocycles. The fourth-order valence-corrected chi connectivity index (χ4v) is 1.26. The van der Waals surface area contributed by atoms with Crippen LogP contribution < -0.4 is 4.74 Å². The quantitative estimate of drug-likeness (QED) is 0.847. The predicted molar refractivity (Wildman–Crippen MR) is 59.5 cm³/mol. The summed E-state index contributed by atoms with van der Waals surface area (Å²) < 4.78 is 7.82. The Kier molecular flexibility index (Phi) is 7.51. The number of aliphatic hydroxyl groups excluding tert-OH is 1. The Morgan fingerprint density at radius 2 is 2.21 bits per heavy atom. The lowest BCUT2D eigenvalue weighted by atomic mass is 10.5. The third kappa shape index (κ3) is 4.11. The van der Waals surface area contributed by atoms with Crippen molar-refractivity contribution in [1.82, 2.24) is 9.78 Å². The van der Waals surface area contributed by atoms with Crippen LogP contribution in [0.5, 0.6) is 5.88 Å². The molecule has 0 aliphatic heterocycles. The summed E-state index contributed by atoms with van der Waals surface area (Å²) in [5.74, 6) is 0.698. The first-order valence-electron chi connectivity index (χ1n) is 4.67. The van der Waals surface area contributed by atoms with Crippen molar-refractivity contribution in [2.75, 3.05) is 13.2 Å². The van der Waals surface area contributed by atoms with E-state index in [2.05, 4.69) is 21.0 Å². The number of aromatic nitrogens is 2. The normalized spacial score (nSPS) is 9.21. The van der Waals surface area contributed by atoms with Crippen molar-refractivity contribution in [3.05, 3.63) is 10.7 Å². The maximum atomic E-state index is 8.52. The molecule has 1 N–H and O–H groups in total. The highest BCUT2D eigenvalue weighted by Gasteiger charge is 2.05. The predicted octanol–water partition coefficient (Wildman–Crippen LogP) is 1.97. The Balaban J connectivity index is 0.000000791. The van der Waals surface area contributed by atoms with Crippen molar-refractivity contribution < 1.29 is 9.84 Å². The lowest BCUT2D eigenvalue weighted by Gasteiger charge is -2.04. The molecule has 0 aliphatic carbocycles. The number of halogens is 1. The molecule has 14 heavy (non-hydrogen) atoms. The minimum atomic E-state index is 0.148. The SMILES string of the molecule is CC.Cn1ncc(Br)c1OCCCO. The van der Waals surface area contributed by atoms with Crippen LogP contribution in [0, 0.1) is 0 Å². The first-order chi connectivity index (χ1) is 6.75. The van der Waals surface area contributed by atoms with E-state index in [9.17, 15) is 0 Å². The Hall–Kier alpha value is -0.550. The van der Waals surface area contributed by atoms with E-state index in [1.165, 1.54) is 0 Å². The van der Waals surface area contributed by atoms with Crippen molar-refractivity contribution in [3.8, 4) is 5.88 Å². The molecule has 0 aliphatic rings. The van der Waals surface area contributed by atoms with Crippen LogP contribution in [0.2, 0.25) is 0 Å². The summed E-state index contributed by atoms with van der Waals surface area (Å²) in [4.78, 5) is 0. The maximum absolute atomic E-state index is 8.52. The number of hydrogen-bond donors (Lipinski definition) is 1. The van der Waals surface area contributed by atoms with Gasteiger partial charge in [0, 0.05) is 20.1 Å². The van der Waals surface area contributed by atoms with Gasteiger partial charge in [-0.2, -0.15) is 5.10 Å². The number of nitrogens with zero attached hydrogens (tertiary/aromatic N) is 2. The molecule has 0 aromatic carbocycles. The van der Waals surface area contributed by atoms with Crippen molar-refractivity contribution in [3.63, 3.8) is 0 Å². The second-order valence-corrected chi connectivity index (χ2v) is 3.20. The zero-order valence-corrected chi connectivity index (χ0v) is 10.4. The third-order valence-corrected chi connectivity index (χ3v) is 1.93. The minimum Gasteiger partial charge on any atom is -0.477 e. The van der Waals surface area contributed by atoms with Crippen LogP contribution in [0.1, 0.15) is 20.3 Å². The van der Waals surface area contributed by atoms with Crippen molar-refractivity contribution >= 4 is 15.9 Å². The van der Waals surface area contributed by atoms with Gasteiger partial charge in [-0.15, -0.1) is 0 Å². The van der Waals surface area contributed by atoms with Gasteiger partial charge in [0.1, 0.15) is 0 Å². The maximum Gasteiger partial charge on any atom is 0.226 e. The summed E-state index contributed by atoms with van der Waals surface area (Å²) in [7, 11) is 1.80. The molecule has 1 aromatic rings. The van der Waals surface area contributed by atoms with Crippen molar-refractivity contribution in [1.29, 1.82) is 0 Å². The van der Waals surface area contributed by atoms with Gasteiger partial charge in [0.15, 0.2) is 0 Å². The van der Waals surface area contributed by atoms with E-state index in [0.29, 0.717) is 18.9 Å². The minimum absolute atomic E-state index is 0.148. The molecule has 1 rings (SSSR count). The molecule has 0 saturated carbocycles. The Labute approximate surface area is 93.0 Å². The fourth-order valence-electron chi connectivity index (χ4n) is 0.795. The van der Waals surface area contributed by atoms with Gasteiger partial charge in [0.05, 0.1) is 17.3 Å². The van der Waals surface area contributed by atoms with Crippen LogP contribution in [0.15, 0.2) is 10.7 Å². The highest BCUT2D eigenvalue weighted by atomic mass is 79.9. The summed E-state index contributed by atoms with van der Waals surface area (Å²) >= 11 is 3.30. The average Bonchev–Trinajstić information content (AvgIpc) is 2.52. The fraction of sp³-hybridized carbons (Fsp3) is 0.667. The first-order valence-corrected chi connectivity index (χ1v) is 5.46. The van der Waals surface area contributed by atoms with Crippen molar-refractivity contribution in [2.45, 2.75) is 20.3 Å². The standard InChI is InChI=1S/C7H11BrN2O2.C2H6/c1-10-7(6(8)5-9-10)12-4-2-3-11;1-2/h5,11H,2-4H2,1H3;1-2H3. The smallest absolute Gasteiger partial charge is 0.226 e. The molecule has 1 heterocycles. The molecule has 82 valence electrons. The van der Waals surface area contributed by atoms with E-state index in [1.807, 2.05) is 13.8 Å². The first kappa shape index (κ1) is 13.4. The summed E-state index contributed by atoms with van der Waals surface area (Å²) in [5, 5.41) is 12.5. The van der Waals surface area contributed by atoms with E-state index in [1.54, 1.807) is 17.9 Å². The molecule has 0 atom stereocenters. The number of ether oxygens (including phenoxy) is 1. The lowest BCUT2D eigenvalue weighted by molar-refractivity contribution is 0.223. The Morgan fingerprint density at radius 1 is 1.57 bits per heavy atom. The average molecular weight is 265 g/mol. The van der Waals surface area contributed by atoms with Crippen LogP contribution in [0.4, 0.5) is 0 Å². The molecule has 5 heteroatoms. The van der Waals surface area contributed by atoms with E-state index in [4.69, 9.17) is 9.84 Å². The molecule has 0 radical (unpaired) electrons. The van der Waals surface area contributed by atoms with Gasteiger partial charge in [-0.25, -0.2) is 4.68 Å². The Morgan fingerprint density at radius 3 is 2.64 bits per heavy atom. The third-order valence-electron chi connectivity index (χ3n) is 1.38. The molecule has 0 spiro atoms. The van der Waals surface area contributed by atoms with Gasteiger partial charge < -0.3 is 9.84 Å². The van der Waals surface area contributed by atoms with Crippen LogP contribution >= 0.6 is 15.9 Å². The van der Waals surface area contributed by atoms with E-state index in [-0.39, 0.29) is 6.61 Å². The van der Waals surface area contributed by atoms with Gasteiger partial charge in [0.25, 0.3) is 0 Å². The molecular weight excluding hydrogens is 248 g/mol. The summed E-state index contributed by atoms with van der Waals surface area (Å²) in [6, 6.07) is 0. The molecule has 4 nitrogen and oxygen atoms in total. The van der Waals surface area contributed by atoms with E-state index in [0.717, 1.165) is 4.47 Å². The van der Waals surface area contributed by atoms with Crippen LogP contribution in [0.3, 0.4) is 0 Å². The summed E-state index contributed by atoms with van der Waals surface area (Å²) in [6.45, 7) is 4.66. The largest absolute Gasteiger partial charge is 0.477 e. The molecular formula is C9H17BrN2O2. The number of rotatable bonds is 4. The van der Waals surface area contributed by atoms with Crippen LogP contribution in [-0.4, -0.2) is 28.1 Å². The molecule has 0 fully saturated rings. The van der Waals surface area contributed by atoms with Crippen LogP contribution in [0.25, 0.3) is 0 Å². The topological polar surface area (TPSA) is 47.3 Å².